The van der Waals surface area contributed by atoms with Crippen molar-refractivity contribution in [3.05, 3.63) is 0 Å². The second-order valence-electron chi connectivity index (χ2n) is 5.59. The maximum atomic E-state index is 5.19. The first-order chi connectivity index (χ1) is 7.01. The van der Waals surface area contributed by atoms with Crippen molar-refractivity contribution in [1.82, 2.24) is 10.2 Å². The molecular weight excluding hydrogens is 188 g/mol. The van der Waals surface area contributed by atoms with Gasteiger partial charge in [0.05, 0.1) is 6.61 Å². The first-order valence-corrected chi connectivity index (χ1v) is 5.97. The number of hydrogen-bond acceptors (Lipinski definition) is 3. The topological polar surface area (TPSA) is 24.5 Å². The Labute approximate surface area is 94.2 Å². The van der Waals surface area contributed by atoms with Crippen LogP contribution in [0.3, 0.4) is 0 Å². The molecule has 90 valence electrons. The molecule has 3 nitrogen and oxygen atoms in total. The van der Waals surface area contributed by atoms with E-state index in [1.165, 1.54) is 19.5 Å². The summed E-state index contributed by atoms with van der Waals surface area (Å²) in [6.45, 7) is 12.3. The standard InChI is InChI=1S/C12H26N2O/c1-12(2,3)13-6-8-14-7-5-11(9-14)10-15-4/h11,13H,5-10H2,1-4H3. The summed E-state index contributed by atoms with van der Waals surface area (Å²) >= 11 is 0. The molecule has 0 spiro atoms. The normalized spacial score (nSPS) is 23.6. The molecule has 0 amide bonds. The fourth-order valence-corrected chi connectivity index (χ4v) is 2.08. The van der Waals surface area contributed by atoms with Crippen molar-refractivity contribution in [2.75, 3.05) is 39.9 Å². The smallest absolute Gasteiger partial charge is 0.0503 e. The van der Waals surface area contributed by atoms with Crippen molar-refractivity contribution < 1.29 is 4.74 Å². The Morgan fingerprint density at radius 1 is 1.40 bits per heavy atom. The van der Waals surface area contributed by atoms with Crippen molar-refractivity contribution in [2.45, 2.75) is 32.7 Å². The van der Waals surface area contributed by atoms with E-state index >= 15 is 0 Å². The van der Waals surface area contributed by atoms with Gasteiger partial charge in [-0.1, -0.05) is 0 Å². The average molecular weight is 214 g/mol. The van der Waals surface area contributed by atoms with E-state index in [1.807, 2.05) is 0 Å². The minimum Gasteiger partial charge on any atom is -0.384 e. The van der Waals surface area contributed by atoms with E-state index in [-0.39, 0.29) is 5.54 Å². The second kappa shape index (κ2) is 5.83. The van der Waals surface area contributed by atoms with Crippen molar-refractivity contribution >= 4 is 0 Å². The van der Waals surface area contributed by atoms with E-state index in [0.717, 1.165) is 25.6 Å². The number of methoxy groups -OCH3 is 1. The van der Waals surface area contributed by atoms with Crippen LogP contribution < -0.4 is 5.32 Å². The lowest BCUT2D eigenvalue weighted by Crippen LogP contribution is -2.41. The Bertz CT molecular complexity index is 177. The third-order valence-corrected chi connectivity index (χ3v) is 2.86. The summed E-state index contributed by atoms with van der Waals surface area (Å²) in [6.07, 6.45) is 1.29. The highest BCUT2D eigenvalue weighted by atomic mass is 16.5. The first-order valence-electron chi connectivity index (χ1n) is 5.97. The SMILES string of the molecule is COCC1CCN(CCNC(C)(C)C)C1. The third kappa shape index (κ3) is 5.50. The van der Waals surface area contributed by atoms with Crippen LogP contribution in [0.4, 0.5) is 0 Å². The summed E-state index contributed by atoms with van der Waals surface area (Å²) in [5, 5.41) is 3.52. The molecule has 1 heterocycles. The van der Waals surface area contributed by atoms with Crippen molar-refractivity contribution in [1.29, 1.82) is 0 Å². The van der Waals surface area contributed by atoms with Crippen LogP contribution in [0.25, 0.3) is 0 Å². The molecule has 1 rings (SSSR count). The van der Waals surface area contributed by atoms with Gasteiger partial charge in [-0.2, -0.15) is 0 Å². The van der Waals surface area contributed by atoms with Gasteiger partial charge in [-0.05, 0) is 39.7 Å². The molecule has 0 aliphatic carbocycles. The molecule has 0 bridgehead atoms. The highest BCUT2D eigenvalue weighted by molar-refractivity contribution is 4.77. The monoisotopic (exact) mass is 214 g/mol. The van der Waals surface area contributed by atoms with Crippen LogP contribution in [0.5, 0.6) is 0 Å². The number of likely N-dealkylation sites (tertiary alicyclic amines) is 1. The maximum absolute atomic E-state index is 5.19. The predicted octanol–water partition coefficient (Wildman–Crippen LogP) is 1.34. The third-order valence-electron chi connectivity index (χ3n) is 2.86. The zero-order chi connectivity index (χ0) is 11.3. The molecule has 0 aromatic heterocycles. The lowest BCUT2D eigenvalue weighted by atomic mass is 10.1. The van der Waals surface area contributed by atoms with Crippen LogP contribution in [-0.2, 0) is 4.74 Å². The minimum atomic E-state index is 0.242. The number of hydrogen-bond donors (Lipinski definition) is 1. The summed E-state index contributed by atoms with van der Waals surface area (Å²) in [5.41, 5.74) is 0.242. The van der Waals surface area contributed by atoms with E-state index in [2.05, 4.69) is 31.0 Å². The Kier molecular flexibility index (Phi) is 5.03. The lowest BCUT2D eigenvalue weighted by molar-refractivity contribution is 0.153. The van der Waals surface area contributed by atoms with Crippen LogP contribution >= 0.6 is 0 Å². The van der Waals surface area contributed by atoms with Crippen molar-refractivity contribution in [3.63, 3.8) is 0 Å². The van der Waals surface area contributed by atoms with Gasteiger partial charge in [0, 0.05) is 32.3 Å². The van der Waals surface area contributed by atoms with Crippen LogP contribution in [0, 0.1) is 5.92 Å². The molecule has 1 unspecified atom stereocenters. The fraction of sp³-hybridized carbons (Fsp3) is 1.00. The van der Waals surface area contributed by atoms with Gasteiger partial charge in [-0.25, -0.2) is 0 Å². The van der Waals surface area contributed by atoms with Gasteiger partial charge in [-0.3, -0.25) is 0 Å². The van der Waals surface area contributed by atoms with Crippen LogP contribution in [0.2, 0.25) is 0 Å². The van der Waals surface area contributed by atoms with E-state index in [9.17, 15) is 0 Å². The molecule has 0 saturated carbocycles. The Morgan fingerprint density at radius 3 is 2.73 bits per heavy atom. The van der Waals surface area contributed by atoms with Gasteiger partial charge < -0.3 is 15.0 Å². The molecule has 1 saturated heterocycles. The molecular formula is C12H26N2O. The molecule has 0 aromatic rings. The largest absolute Gasteiger partial charge is 0.384 e. The summed E-state index contributed by atoms with van der Waals surface area (Å²) in [4.78, 5) is 2.53. The van der Waals surface area contributed by atoms with E-state index in [1.54, 1.807) is 7.11 Å². The van der Waals surface area contributed by atoms with Crippen molar-refractivity contribution in [2.24, 2.45) is 5.92 Å². The predicted molar refractivity (Wildman–Crippen MR) is 64.2 cm³/mol. The zero-order valence-corrected chi connectivity index (χ0v) is 10.7. The first kappa shape index (κ1) is 12.9. The van der Waals surface area contributed by atoms with E-state index < -0.39 is 0 Å². The summed E-state index contributed by atoms with van der Waals surface area (Å²) in [7, 11) is 1.80. The molecule has 15 heavy (non-hydrogen) atoms. The number of rotatable bonds is 5. The molecule has 3 heteroatoms. The Hall–Kier alpha value is -0.120. The number of ether oxygens (including phenoxy) is 1. The average Bonchev–Trinajstić information content (AvgIpc) is 2.51. The van der Waals surface area contributed by atoms with Crippen LogP contribution in [0.15, 0.2) is 0 Å². The highest BCUT2D eigenvalue weighted by Crippen LogP contribution is 2.15. The Balaban J connectivity index is 2.09. The van der Waals surface area contributed by atoms with E-state index in [4.69, 9.17) is 4.74 Å². The molecule has 0 radical (unpaired) electrons. The maximum Gasteiger partial charge on any atom is 0.0503 e. The molecule has 0 aromatic carbocycles. The number of nitrogens with one attached hydrogen (secondary N) is 1. The summed E-state index contributed by atoms with van der Waals surface area (Å²) < 4.78 is 5.19. The minimum absolute atomic E-state index is 0.242. The highest BCUT2D eigenvalue weighted by Gasteiger charge is 2.21. The van der Waals surface area contributed by atoms with Gasteiger partial charge in [0.2, 0.25) is 0 Å². The molecule has 1 atom stereocenters. The Morgan fingerprint density at radius 2 is 2.13 bits per heavy atom. The lowest BCUT2D eigenvalue weighted by Gasteiger charge is -2.23. The van der Waals surface area contributed by atoms with Gasteiger partial charge >= 0.3 is 0 Å². The zero-order valence-electron chi connectivity index (χ0n) is 10.7. The van der Waals surface area contributed by atoms with Crippen LogP contribution in [0.1, 0.15) is 27.2 Å². The summed E-state index contributed by atoms with van der Waals surface area (Å²) in [5.74, 6) is 0.754. The van der Waals surface area contributed by atoms with Crippen LogP contribution in [-0.4, -0.2) is 50.3 Å². The van der Waals surface area contributed by atoms with Crippen molar-refractivity contribution in [3.8, 4) is 0 Å². The van der Waals surface area contributed by atoms with Gasteiger partial charge in [0.25, 0.3) is 0 Å². The van der Waals surface area contributed by atoms with Gasteiger partial charge in [-0.15, -0.1) is 0 Å². The number of nitrogens with zero attached hydrogens (tertiary/aromatic N) is 1. The fourth-order valence-electron chi connectivity index (χ4n) is 2.08. The molecule has 1 N–H and O–H groups in total. The molecule has 1 aliphatic heterocycles. The quantitative estimate of drug-likeness (QED) is 0.747. The summed E-state index contributed by atoms with van der Waals surface area (Å²) in [6, 6.07) is 0. The molecule has 1 fully saturated rings. The van der Waals surface area contributed by atoms with Gasteiger partial charge in [0.1, 0.15) is 0 Å². The molecule has 1 aliphatic rings. The van der Waals surface area contributed by atoms with Gasteiger partial charge in [0.15, 0.2) is 0 Å². The van der Waals surface area contributed by atoms with E-state index in [0.29, 0.717) is 0 Å². The second-order valence-corrected chi connectivity index (χ2v) is 5.59.